The van der Waals surface area contributed by atoms with Gasteiger partial charge in [0.25, 0.3) is 5.69 Å². The van der Waals surface area contributed by atoms with Gasteiger partial charge in [-0.15, -0.1) is 0 Å². The number of rotatable bonds is 3. The van der Waals surface area contributed by atoms with Gasteiger partial charge in [0.2, 0.25) is 0 Å². The lowest BCUT2D eigenvalue weighted by atomic mass is 10.00. The van der Waals surface area contributed by atoms with Gasteiger partial charge >= 0.3 is 5.97 Å². The molecule has 104 valence electrons. The van der Waals surface area contributed by atoms with Crippen LogP contribution in [0.2, 0.25) is 0 Å². The van der Waals surface area contributed by atoms with Gasteiger partial charge in [-0.1, -0.05) is 0 Å². The molecule has 1 saturated heterocycles. The highest BCUT2D eigenvalue weighted by Crippen LogP contribution is 2.30. The van der Waals surface area contributed by atoms with Gasteiger partial charge in [-0.05, 0) is 25.3 Å². The van der Waals surface area contributed by atoms with Gasteiger partial charge in [-0.3, -0.25) is 10.1 Å². The predicted octanol–water partition coefficient (Wildman–Crippen LogP) is 1.91. The molecule has 1 heterocycles. The number of carboxylic acids is 1. The number of anilines is 1. The van der Waals surface area contributed by atoms with Crippen molar-refractivity contribution >= 4 is 17.3 Å². The van der Waals surface area contributed by atoms with Crippen molar-refractivity contribution in [2.75, 3.05) is 11.4 Å². The van der Waals surface area contributed by atoms with Crippen LogP contribution >= 0.6 is 0 Å². The number of nitriles is 1. The second-order valence-electron chi connectivity index (χ2n) is 4.61. The SMILES string of the molecule is N#Cc1cc([N+](=O)[O-])ccc1N1CCCCC1C(=O)O. The number of hydrogen-bond acceptors (Lipinski definition) is 5. The van der Waals surface area contributed by atoms with Crippen LogP contribution in [0.25, 0.3) is 0 Å². The summed E-state index contributed by atoms with van der Waals surface area (Å²) in [6.07, 6.45) is 2.17. The minimum Gasteiger partial charge on any atom is -0.480 e. The van der Waals surface area contributed by atoms with Crippen molar-refractivity contribution in [2.24, 2.45) is 0 Å². The van der Waals surface area contributed by atoms with Crippen molar-refractivity contribution in [1.82, 2.24) is 0 Å². The monoisotopic (exact) mass is 275 g/mol. The smallest absolute Gasteiger partial charge is 0.326 e. The molecule has 0 radical (unpaired) electrons. The van der Waals surface area contributed by atoms with E-state index in [-0.39, 0.29) is 11.3 Å². The first-order valence-electron chi connectivity index (χ1n) is 6.22. The van der Waals surface area contributed by atoms with Gasteiger partial charge < -0.3 is 10.0 Å². The Bertz CT molecular complexity index is 594. The zero-order chi connectivity index (χ0) is 14.7. The third-order valence-corrected chi connectivity index (χ3v) is 3.41. The third kappa shape index (κ3) is 2.54. The van der Waals surface area contributed by atoms with Gasteiger partial charge in [0.05, 0.1) is 16.2 Å². The van der Waals surface area contributed by atoms with Crippen LogP contribution in [0.15, 0.2) is 18.2 Å². The van der Waals surface area contributed by atoms with E-state index in [0.29, 0.717) is 18.7 Å². The number of nitro groups is 1. The van der Waals surface area contributed by atoms with E-state index >= 15 is 0 Å². The lowest BCUT2D eigenvalue weighted by Gasteiger charge is -2.35. The summed E-state index contributed by atoms with van der Waals surface area (Å²) in [4.78, 5) is 23.1. The van der Waals surface area contributed by atoms with E-state index < -0.39 is 16.9 Å². The van der Waals surface area contributed by atoms with E-state index in [9.17, 15) is 20.0 Å². The summed E-state index contributed by atoms with van der Waals surface area (Å²) in [7, 11) is 0. The molecule has 0 bridgehead atoms. The Hall–Kier alpha value is -2.62. The molecule has 0 amide bonds. The van der Waals surface area contributed by atoms with E-state index in [1.807, 2.05) is 6.07 Å². The molecule has 0 saturated carbocycles. The fraction of sp³-hybridized carbons (Fsp3) is 0.385. The zero-order valence-corrected chi connectivity index (χ0v) is 10.7. The average molecular weight is 275 g/mol. The van der Waals surface area contributed by atoms with Crippen molar-refractivity contribution in [3.05, 3.63) is 33.9 Å². The fourth-order valence-electron chi connectivity index (χ4n) is 2.45. The van der Waals surface area contributed by atoms with Crippen LogP contribution in [0.3, 0.4) is 0 Å². The summed E-state index contributed by atoms with van der Waals surface area (Å²) >= 11 is 0. The second-order valence-corrected chi connectivity index (χ2v) is 4.61. The first-order valence-corrected chi connectivity index (χ1v) is 6.22. The largest absolute Gasteiger partial charge is 0.480 e. The van der Waals surface area contributed by atoms with Gasteiger partial charge in [0, 0.05) is 18.7 Å². The number of carbonyl (C=O) groups is 1. The number of carboxylic acid groups (broad SMARTS) is 1. The second kappa shape index (κ2) is 5.57. The molecular weight excluding hydrogens is 262 g/mol. The number of benzene rings is 1. The Morgan fingerprint density at radius 3 is 2.85 bits per heavy atom. The molecule has 1 aliphatic heterocycles. The highest BCUT2D eigenvalue weighted by Gasteiger charge is 2.30. The van der Waals surface area contributed by atoms with Crippen LogP contribution in [0, 0.1) is 21.4 Å². The zero-order valence-electron chi connectivity index (χ0n) is 10.7. The first-order chi connectivity index (χ1) is 9.54. The maximum Gasteiger partial charge on any atom is 0.326 e. The maximum absolute atomic E-state index is 11.3. The summed E-state index contributed by atoms with van der Waals surface area (Å²) in [5.41, 5.74) is 0.409. The molecule has 1 fully saturated rings. The number of non-ortho nitro benzene ring substituents is 1. The van der Waals surface area contributed by atoms with E-state index in [1.165, 1.54) is 18.2 Å². The van der Waals surface area contributed by atoms with E-state index in [0.717, 1.165) is 12.8 Å². The van der Waals surface area contributed by atoms with Crippen LogP contribution in [-0.2, 0) is 4.79 Å². The molecule has 1 aliphatic rings. The lowest BCUT2D eigenvalue weighted by Crippen LogP contribution is -2.45. The lowest BCUT2D eigenvalue weighted by molar-refractivity contribution is -0.384. The molecule has 1 atom stereocenters. The molecule has 0 aliphatic carbocycles. The number of aliphatic carboxylic acids is 1. The van der Waals surface area contributed by atoms with Crippen molar-refractivity contribution < 1.29 is 14.8 Å². The Kier molecular flexibility index (Phi) is 3.84. The van der Waals surface area contributed by atoms with Gasteiger partial charge in [0.15, 0.2) is 0 Å². The summed E-state index contributed by atoms with van der Waals surface area (Å²) in [5.74, 6) is -0.938. The highest BCUT2D eigenvalue weighted by molar-refractivity contribution is 5.80. The third-order valence-electron chi connectivity index (χ3n) is 3.41. The summed E-state index contributed by atoms with van der Waals surface area (Å²) in [6, 6.07) is 5.16. The van der Waals surface area contributed by atoms with Crippen LogP contribution in [0.4, 0.5) is 11.4 Å². The standard InChI is InChI=1S/C13H13N3O4/c14-8-9-7-10(16(19)20)4-5-11(9)15-6-2-1-3-12(15)13(17)18/h4-5,7,12H,1-3,6H2,(H,17,18). The fourth-order valence-corrected chi connectivity index (χ4v) is 2.45. The van der Waals surface area contributed by atoms with Crippen LogP contribution in [0.1, 0.15) is 24.8 Å². The molecule has 2 rings (SSSR count). The Balaban J connectivity index is 2.43. The summed E-state index contributed by atoms with van der Waals surface area (Å²) < 4.78 is 0. The van der Waals surface area contributed by atoms with Crippen LogP contribution in [0.5, 0.6) is 0 Å². The van der Waals surface area contributed by atoms with Gasteiger partial charge in [-0.25, -0.2) is 4.79 Å². The van der Waals surface area contributed by atoms with Crippen LogP contribution < -0.4 is 4.90 Å². The minimum atomic E-state index is -0.938. The van der Waals surface area contributed by atoms with Crippen molar-refractivity contribution in [3.63, 3.8) is 0 Å². The predicted molar refractivity (Wildman–Crippen MR) is 70.4 cm³/mol. The number of hydrogen-bond donors (Lipinski definition) is 1. The van der Waals surface area contributed by atoms with Gasteiger partial charge in [-0.2, -0.15) is 5.26 Å². The molecule has 1 unspecified atom stereocenters. The number of nitro benzene ring substituents is 1. The number of piperidine rings is 1. The minimum absolute atomic E-state index is 0.132. The Labute approximate surface area is 115 Å². The van der Waals surface area contributed by atoms with E-state index in [2.05, 4.69) is 0 Å². The maximum atomic E-state index is 11.3. The molecule has 7 heteroatoms. The molecular formula is C13H13N3O4. The van der Waals surface area contributed by atoms with E-state index in [4.69, 9.17) is 5.26 Å². The molecule has 1 N–H and O–H groups in total. The molecule has 20 heavy (non-hydrogen) atoms. The summed E-state index contributed by atoms with van der Waals surface area (Å²) in [5, 5.41) is 29.1. The number of nitrogens with zero attached hydrogens (tertiary/aromatic N) is 3. The molecule has 1 aromatic rings. The summed E-state index contributed by atoms with van der Waals surface area (Å²) in [6.45, 7) is 0.531. The molecule has 0 spiro atoms. The van der Waals surface area contributed by atoms with Crippen molar-refractivity contribution in [2.45, 2.75) is 25.3 Å². The molecule has 7 nitrogen and oxygen atoms in total. The van der Waals surface area contributed by atoms with E-state index in [1.54, 1.807) is 4.90 Å². The van der Waals surface area contributed by atoms with Crippen LogP contribution in [-0.4, -0.2) is 28.6 Å². The molecule has 1 aromatic carbocycles. The quantitative estimate of drug-likeness (QED) is 0.666. The molecule has 0 aromatic heterocycles. The topological polar surface area (TPSA) is 107 Å². The normalized spacial score (nSPS) is 18.4. The Morgan fingerprint density at radius 2 is 2.25 bits per heavy atom. The van der Waals surface area contributed by atoms with Gasteiger partial charge in [0.1, 0.15) is 12.1 Å². The van der Waals surface area contributed by atoms with Crippen molar-refractivity contribution in [1.29, 1.82) is 5.26 Å². The van der Waals surface area contributed by atoms with Crippen molar-refractivity contribution in [3.8, 4) is 6.07 Å². The first kappa shape index (κ1) is 13.8. The average Bonchev–Trinajstić information content (AvgIpc) is 2.46. The highest BCUT2D eigenvalue weighted by atomic mass is 16.6. The Morgan fingerprint density at radius 1 is 1.50 bits per heavy atom.